The lowest BCUT2D eigenvalue weighted by Crippen LogP contribution is -2.27. The van der Waals surface area contributed by atoms with E-state index >= 15 is 0 Å². The van der Waals surface area contributed by atoms with Gasteiger partial charge < -0.3 is 20.3 Å². The molecule has 21 heavy (non-hydrogen) atoms. The maximum atomic E-state index is 10.3. The Bertz CT molecular complexity index is 413. The molecule has 122 valence electrons. The van der Waals surface area contributed by atoms with Crippen LogP contribution in [0.3, 0.4) is 0 Å². The average molecular weight is 318 g/mol. The second-order valence-electron chi connectivity index (χ2n) is 5.65. The molecule has 1 aromatic rings. The van der Waals surface area contributed by atoms with Crippen LogP contribution in [0.5, 0.6) is 11.5 Å². The van der Waals surface area contributed by atoms with Gasteiger partial charge in [-0.05, 0) is 43.4 Å². The van der Waals surface area contributed by atoms with E-state index in [1.807, 2.05) is 19.1 Å². The zero-order chi connectivity index (χ0) is 15.3. The van der Waals surface area contributed by atoms with Gasteiger partial charge in [0.15, 0.2) is 0 Å². The van der Waals surface area contributed by atoms with Crippen LogP contribution in [-0.2, 0) is 0 Å². The van der Waals surface area contributed by atoms with E-state index in [2.05, 4.69) is 13.8 Å². The van der Waals surface area contributed by atoms with Crippen molar-refractivity contribution in [2.75, 3.05) is 14.2 Å². The second kappa shape index (κ2) is 9.13. The Morgan fingerprint density at radius 1 is 1.10 bits per heavy atom. The van der Waals surface area contributed by atoms with Gasteiger partial charge in [-0.3, -0.25) is 0 Å². The van der Waals surface area contributed by atoms with Gasteiger partial charge in [0.1, 0.15) is 11.5 Å². The fourth-order valence-electron chi connectivity index (χ4n) is 2.27. The lowest BCUT2D eigenvalue weighted by Gasteiger charge is -2.24. The van der Waals surface area contributed by atoms with Crippen molar-refractivity contribution >= 4 is 12.4 Å². The van der Waals surface area contributed by atoms with E-state index in [9.17, 15) is 5.11 Å². The van der Waals surface area contributed by atoms with Crippen LogP contribution in [-0.4, -0.2) is 25.4 Å². The molecular weight excluding hydrogens is 290 g/mol. The number of aryl methyl sites for hydroxylation is 1. The number of nitrogens with two attached hydrogens (primary N) is 1. The van der Waals surface area contributed by atoms with E-state index in [4.69, 9.17) is 15.2 Å². The highest BCUT2D eigenvalue weighted by Gasteiger charge is 2.24. The van der Waals surface area contributed by atoms with Crippen molar-refractivity contribution in [2.24, 2.45) is 11.7 Å². The van der Waals surface area contributed by atoms with E-state index in [0.29, 0.717) is 23.8 Å². The number of benzene rings is 1. The summed E-state index contributed by atoms with van der Waals surface area (Å²) in [5.41, 5.74) is 7.98. The number of ether oxygens (including phenoxy) is 2. The van der Waals surface area contributed by atoms with E-state index in [0.717, 1.165) is 17.5 Å². The summed E-state index contributed by atoms with van der Waals surface area (Å²) in [6, 6.07) is 3.30. The molecule has 2 atom stereocenters. The molecule has 1 aromatic carbocycles. The summed E-state index contributed by atoms with van der Waals surface area (Å²) in [7, 11) is 3.20. The molecule has 5 heteroatoms. The Morgan fingerprint density at radius 2 is 1.57 bits per heavy atom. The molecule has 0 radical (unpaired) electrons. The van der Waals surface area contributed by atoms with Crippen LogP contribution in [0.1, 0.15) is 43.9 Å². The molecule has 0 saturated heterocycles. The van der Waals surface area contributed by atoms with Gasteiger partial charge in [-0.25, -0.2) is 0 Å². The summed E-state index contributed by atoms with van der Waals surface area (Å²) in [5, 5.41) is 10.3. The molecule has 0 spiro atoms. The molecule has 0 aliphatic heterocycles. The van der Waals surface area contributed by atoms with Crippen molar-refractivity contribution in [2.45, 2.75) is 45.8 Å². The number of hydrogen-bond donors (Lipinski definition) is 2. The highest BCUT2D eigenvalue weighted by molar-refractivity contribution is 5.85. The van der Waals surface area contributed by atoms with Crippen LogP contribution in [0, 0.1) is 12.8 Å². The minimum Gasteiger partial charge on any atom is -0.496 e. The molecule has 4 nitrogen and oxygen atoms in total. The largest absolute Gasteiger partial charge is 0.496 e. The molecule has 0 unspecified atom stereocenters. The molecule has 0 aromatic heterocycles. The lowest BCUT2D eigenvalue weighted by molar-refractivity contribution is 0.126. The van der Waals surface area contributed by atoms with Crippen LogP contribution in [0.2, 0.25) is 0 Å². The normalized spacial score (nSPS) is 13.5. The summed E-state index contributed by atoms with van der Waals surface area (Å²) in [6.07, 6.45) is 0.993. The summed E-state index contributed by atoms with van der Waals surface area (Å²) >= 11 is 0. The van der Waals surface area contributed by atoms with Crippen molar-refractivity contribution in [3.63, 3.8) is 0 Å². The third-order valence-corrected chi connectivity index (χ3v) is 3.48. The fraction of sp³-hybridized carbons (Fsp3) is 0.625. The van der Waals surface area contributed by atoms with Gasteiger partial charge in [-0.1, -0.05) is 13.8 Å². The van der Waals surface area contributed by atoms with Crippen molar-refractivity contribution in [1.29, 1.82) is 0 Å². The van der Waals surface area contributed by atoms with Crippen LogP contribution in [0.4, 0.5) is 0 Å². The minimum atomic E-state index is -0.608. The molecular formula is C16H28ClNO3. The number of methoxy groups -OCH3 is 2. The topological polar surface area (TPSA) is 64.7 Å². The Kier molecular flexibility index (Phi) is 8.71. The molecule has 1 rings (SSSR count). The highest BCUT2D eigenvalue weighted by Crippen LogP contribution is 2.36. The lowest BCUT2D eigenvalue weighted by atomic mass is 9.94. The highest BCUT2D eigenvalue weighted by atomic mass is 35.5. The first kappa shape index (κ1) is 20.0. The number of aliphatic hydroxyl groups excluding tert-OH is 1. The number of hydrogen-bond acceptors (Lipinski definition) is 4. The Labute approximate surface area is 134 Å². The Morgan fingerprint density at radius 3 is 1.95 bits per heavy atom. The molecule has 0 amide bonds. The van der Waals surface area contributed by atoms with Crippen LogP contribution >= 0.6 is 12.4 Å². The van der Waals surface area contributed by atoms with Gasteiger partial charge >= 0.3 is 0 Å². The monoisotopic (exact) mass is 317 g/mol. The predicted molar refractivity (Wildman–Crippen MR) is 88.5 cm³/mol. The summed E-state index contributed by atoms with van der Waals surface area (Å²) < 4.78 is 10.8. The summed E-state index contributed by atoms with van der Waals surface area (Å²) in [4.78, 5) is 0. The Hall–Kier alpha value is -0.970. The molecule has 0 bridgehead atoms. The maximum absolute atomic E-state index is 10.3. The Balaban J connectivity index is 0.00000400. The summed E-state index contributed by atoms with van der Waals surface area (Å²) in [5.74, 6) is 1.87. The zero-order valence-electron chi connectivity index (χ0n) is 13.6. The molecule has 0 aliphatic carbocycles. The number of halogens is 1. The van der Waals surface area contributed by atoms with Crippen molar-refractivity contribution in [3.05, 3.63) is 23.3 Å². The van der Waals surface area contributed by atoms with E-state index in [-0.39, 0.29) is 12.4 Å². The zero-order valence-corrected chi connectivity index (χ0v) is 14.4. The maximum Gasteiger partial charge on any atom is 0.127 e. The van der Waals surface area contributed by atoms with Crippen LogP contribution in [0.25, 0.3) is 0 Å². The smallest absolute Gasteiger partial charge is 0.127 e. The van der Waals surface area contributed by atoms with E-state index in [1.54, 1.807) is 14.2 Å². The predicted octanol–water partition coefficient (Wildman–Crippen LogP) is 3.23. The van der Waals surface area contributed by atoms with Crippen LogP contribution < -0.4 is 15.2 Å². The second-order valence-corrected chi connectivity index (χ2v) is 5.65. The van der Waals surface area contributed by atoms with Gasteiger partial charge in [0.25, 0.3) is 0 Å². The minimum absolute atomic E-state index is 0. The van der Waals surface area contributed by atoms with Crippen molar-refractivity contribution in [1.82, 2.24) is 0 Å². The van der Waals surface area contributed by atoms with Gasteiger partial charge in [0.2, 0.25) is 0 Å². The van der Waals surface area contributed by atoms with Gasteiger partial charge in [0, 0.05) is 0 Å². The quantitative estimate of drug-likeness (QED) is 0.810. The third kappa shape index (κ3) is 5.38. The third-order valence-electron chi connectivity index (χ3n) is 3.48. The van der Waals surface area contributed by atoms with Crippen molar-refractivity contribution < 1.29 is 14.6 Å². The molecule has 3 N–H and O–H groups in total. The van der Waals surface area contributed by atoms with Crippen LogP contribution in [0.15, 0.2) is 12.1 Å². The van der Waals surface area contributed by atoms with E-state index < -0.39 is 12.1 Å². The molecule has 0 heterocycles. The first-order valence-corrected chi connectivity index (χ1v) is 7.06. The van der Waals surface area contributed by atoms with Gasteiger partial charge in [0.05, 0.1) is 31.9 Å². The van der Waals surface area contributed by atoms with Crippen molar-refractivity contribution in [3.8, 4) is 11.5 Å². The first-order chi connectivity index (χ1) is 9.40. The number of aliphatic hydroxyl groups is 1. The van der Waals surface area contributed by atoms with Gasteiger partial charge in [-0.2, -0.15) is 0 Å². The molecule has 0 fully saturated rings. The molecule has 0 saturated carbocycles. The fourth-order valence-corrected chi connectivity index (χ4v) is 2.27. The average Bonchev–Trinajstić information content (AvgIpc) is 2.42. The SMILES string of the molecule is COc1cc(C)cc(OC)c1[C@@H](N)[C@@H](O)CCC(C)C.Cl. The number of rotatable bonds is 7. The molecule has 0 aliphatic rings. The standard InChI is InChI=1S/C16H27NO3.ClH/c1-10(2)6-7-12(18)16(17)15-13(19-4)8-11(3)9-14(15)20-5;/h8-10,12,16,18H,6-7,17H2,1-5H3;1H/t12-,16-;/m0./s1. The van der Waals surface area contributed by atoms with E-state index in [1.165, 1.54) is 0 Å². The summed E-state index contributed by atoms with van der Waals surface area (Å²) in [6.45, 7) is 6.23. The van der Waals surface area contributed by atoms with Gasteiger partial charge in [-0.15, -0.1) is 12.4 Å². The first-order valence-electron chi connectivity index (χ1n) is 7.06.